The van der Waals surface area contributed by atoms with Crippen molar-refractivity contribution >= 4 is 5.91 Å². The standard InChI is InChI=1S/C13H26N2O2/c1-10(14)11-5-7-15(8-6-11)12(16)9-13(2,3)17-4/h10-11H,5-9,14H2,1-4H3. The number of carbonyl (C=O) groups excluding carboxylic acids is 1. The summed E-state index contributed by atoms with van der Waals surface area (Å²) in [7, 11) is 1.65. The summed E-state index contributed by atoms with van der Waals surface area (Å²) in [5.41, 5.74) is 5.52. The average Bonchev–Trinajstić information content (AvgIpc) is 2.28. The van der Waals surface area contributed by atoms with E-state index in [0.717, 1.165) is 25.9 Å². The number of likely N-dealkylation sites (tertiary alicyclic amines) is 1. The number of methoxy groups -OCH3 is 1. The van der Waals surface area contributed by atoms with Crippen LogP contribution in [0.3, 0.4) is 0 Å². The van der Waals surface area contributed by atoms with Crippen LogP contribution in [0, 0.1) is 5.92 Å². The quantitative estimate of drug-likeness (QED) is 0.810. The van der Waals surface area contributed by atoms with Crippen molar-refractivity contribution in [2.75, 3.05) is 20.2 Å². The summed E-state index contributed by atoms with van der Waals surface area (Å²) in [5, 5.41) is 0. The lowest BCUT2D eigenvalue weighted by molar-refractivity contribution is -0.138. The zero-order chi connectivity index (χ0) is 13.1. The van der Waals surface area contributed by atoms with Crippen LogP contribution in [0.25, 0.3) is 0 Å². The molecule has 1 atom stereocenters. The van der Waals surface area contributed by atoms with Crippen molar-refractivity contribution < 1.29 is 9.53 Å². The number of hydrogen-bond donors (Lipinski definition) is 1. The molecule has 0 aliphatic carbocycles. The van der Waals surface area contributed by atoms with Crippen LogP contribution in [0.1, 0.15) is 40.0 Å². The Labute approximate surface area is 104 Å². The number of hydrogen-bond acceptors (Lipinski definition) is 3. The van der Waals surface area contributed by atoms with Gasteiger partial charge in [0.2, 0.25) is 5.91 Å². The maximum absolute atomic E-state index is 12.1. The van der Waals surface area contributed by atoms with Gasteiger partial charge in [-0.05, 0) is 39.5 Å². The normalized spacial score (nSPS) is 20.4. The molecular formula is C13H26N2O2. The molecule has 0 radical (unpaired) electrons. The highest BCUT2D eigenvalue weighted by molar-refractivity contribution is 5.77. The number of nitrogens with zero attached hydrogens (tertiary/aromatic N) is 1. The van der Waals surface area contributed by atoms with E-state index in [1.165, 1.54) is 0 Å². The maximum Gasteiger partial charge on any atom is 0.225 e. The van der Waals surface area contributed by atoms with Crippen LogP contribution in [-0.4, -0.2) is 42.6 Å². The fourth-order valence-corrected chi connectivity index (χ4v) is 2.22. The molecule has 0 aromatic heterocycles. The predicted molar refractivity (Wildman–Crippen MR) is 68.7 cm³/mol. The van der Waals surface area contributed by atoms with Gasteiger partial charge in [0.1, 0.15) is 0 Å². The number of rotatable bonds is 4. The molecule has 1 aliphatic rings. The van der Waals surface area contributed by atoms with E-state index in [4.69, 9.17) is 10.5 Å². The van der Waals surface area contributed by atoms with E-state index in [2.05, 4.69) is 6.92 Å². The number of nitrogens with two attached hydrogens (primary N) is 1. The lowest BCUT2D eigenvalue weighted by Crippen LogP contribution is -2.44. The van der Waals surface area contributed by atoms with E-state index in [0.29, 0.717) is 12.3 Å². The van der Waals surface area contributed by atoms with E-state index >= 15 is 0 Å². The first kappa shape index (κ1) is 14.5. The third-order valence-corrected chi connectivity index (χ3v) is 3.77. The highest BCUT2D eigenvalue weighted by atomic mass is 16.5. The summed E-state index contributed by atoms with van der Waals surface area (Å²) < 4.78 is 5.29. The third kappa shape index (κ3) is 4.28. The molecule has 4 nitrogen and oxygen atoms in total. The van der Waals surface area contributed by atoms with Crippen molar-refractivity contribution in [1.82, 2.24) is 4.90 Å². The van der Waals surface area contributed by atoms with Gasteiger partial charge in [0.25, 0.3) is 0 Å². The maximum atomic E-state index is 12.1. The van der Waals surface area contributed by atoms with Crippen molar-refractivity contribution in [2.24, 2.45) is 11.7 Å². The number of carbonyl (C=O) groups is 1. The highest BCUT2D eigenvalue weighted by Crippen LogP contribution is 2.22. The summed E-state index contributed by atoms with van der Waals surface area (Å²) in [6.45, 7) is 7.62. The summed E-state index contributed by atoms with van der Waals surface area (Å²) in [5.74, 6) is 0.759. The molecule has 1 heterocycles. The molecule has 1 unspecified atom stereocenters. The number of amides is 1. The molecule has 1 rings (SSSR count). The summed E-state index contributed by atoms with van der Waals surface area (Å²) in [4.78, 5) is 14.0. The van der Waals surface area contributed by atoms with Crippen LogP contribution in [-0.2, 0) is 9.53 Å². The predicted octanol–water partition coefficient (Wildman–Crippen LogP) is 1.39. The molecule has 1 amide bonds. The molecule has 0 saturated carbocycles. The summed E-state index contributed by atoms with van der Waals surface area (Å²) in [6, 6.07) is 0.239. The Morgan fingerprint density at radius 3 is 2.41 bits per heavy atom. The first-order chi connectivity index (χ1) is 7.85. The fourth-order valence-electron chi connectivity index (χ4n) is 2.22. The van der Waals surface area contributed by atoms with Gasteiger partial charge in [0.15, 0.2) is 0 Å². The molecule has 0 spiro atoms. The first-order valence-corrected chi connectivity index (χ1v) is 6.44. The average molecular weight is 242 g/mol. The van der Waals surface area contributed by atoms with Crippen LogP contribution in [0.2, 0.25) is 0 Å². The minimum absolute atomic E-state index is 0.194. The van der Waals surface area contributed by atoms with E-state index in [1.807, 2.05) is 18.7 Å². The van der Waals surface area contributed by atoms with E-state index < -0.39 is 0 Å². The second-order valence-electron chi connectivity index (χ2n) is 5.72. The fraction of sp³-hybridized carbons (Fsp3) is 0.923. The lowest BCUT2D eigenvalue weighted by atomic mass is 9.90. The zero-order valence-electron chi connectivity index (χ0n) is 11.5. The van der Waals surface area contributed by atoms with Crippen LogP contribution in [0.4, 0.5) is 0 Å². The Morgan fingerprint density at radius 1 is 1.47 bits per heavy atom. The van der Waals surface area contributed by atoms with E-state index in [1.54, 1.807) is 7.11 Å². The van der Waals surface area contributed by atoms with Crippen molar-refractivity contribution in [3.8, 4) is 0 Å². The van der Waals surface area contributed by atoms with Crippen LogP contribution in [0.15, 0.2) is 0 Å². The Bertz CT molecular complexity index is 256. The van der Waals surface area contributed by atoms with Crippen molar-refractivity contribution in [3.05, 3.63) is 0 Å². The topological polar surface area (TPSA) is 55.6 Å². The minimum Gasteiger partial charge on any atom is -0.378 e. The monoisotopic (exact) mass is 242 g/mol. The molecule has 1 aliphatic heterocycles. The molecule has 1 saturated heterocycles. The molecule has 4 heteroatoms. The number of piperidine rings is 1. The Balaban J connectivity index is 2.41. The van der Waals surface area contributed by atoms with Crippen LogP contribution in [0.5, 0.6) is 0 Å². The Morgan fingerprint density at radius 2 is 2.00 bits per heavy atom. The van der Waals surface area contributed by atoms with Gasteiger partial charge in [-0.25, -0.2) is 0 Å². The SMILES string of the molecule is COC(C)(C)CC(=O)N1CCC(C(C)N)CC1. The lowest BCUT2D eigenvalue weighted by Gasteiger charge is -2.35. The third-order valence-electron chi connectivity index (χ3n) is 3.77. The van der Waals surface area contributed by atoms with E-state index in [-0.39, 0.29) is 17.6 Å². The smallest absolute Gasteiger partial charge is 0.225 e. The molecule has 2 N–H and O–H groups in total. The molecule has 17 heavy (non-hydrogen) atoms. The van der Waals surface area contributed by atoms with Crippen LogP contribution >= 0.6 is 0 Å². The Kier molecular flexibility index (Phi) is 4.95. The molecule has 100 valence electrons. The van der Waals surface area contributed by atoms with Crippen molar-refractivity contribution in [2.45, 2.75) is 51.7 Å². The van der Waals surface area contributed by atoms with Gasteiger partial charge < -0.3 is 15.4 Å². The molecule has 0 bridgehead atoms. The molecule has 1 fully saturated rings. The zero-order valence-corrected chi connectivity index (χ0v) is 11.5. The Hall–Kier alpha value is -0.610. The second-order valence-corrected chi connectivity index (χ2v) is 5.72. The molecule has 0 aromatic carbocycles. The van der Waals surface area contributed by atoms with Crippen LogP contribution < -0.4 is 5.73 Å². The molecule has 0 aromatic rings. The second kappa shape index (κ2) is 5.83. The largest absolute Gasteiger partial charge is 0.378 e. The highest BCUT2D eigenvalue weighted by Gasteiger charge is 2.28. The van der Waals surface area contributed by atoms with Gasteiger partial charge >= 0.3 is 0 Å². The summed E-state index contributed by atoms with van der Waals surface area (Å²) >= 11 is 0. The van der Waals surface area contributed by atoms with Gasteiger partial charge in [-0.2, -0.15) is 0 Å². The molecular weight excluding hydrogens is 216 g/mol. The summed E-state index contributed by atoms with van der Waals surface area (Å²) in [6.07, 6.45) is 2.50. The van der Waals surface area contributed by atoms with Crippen molar-refractivity contribution in [3.63, 3.8) is 0 Å². The number of ether oxygens (including phenoxy) is 1. The van der Waals surface area contributed by atoms with Gasteiger partial charge in [0, 0.05) is 26.2 Å². The van der Waals surface area contributed by atoms with Crippen molar-refractivity contribution in [1.29, 1.82) is 0 Å². The van der Waals surface area contributed by atoms with E-state index in [9.17, 15) is 4.79 Å². The van der Waals surface area contributed by atoms with Gasteiger partial charge in [-0.3, -0.25) is 4.79 Å². The first-order valence-electron chi connectivity index (χ1n) is 6.44. The minimum atomic E-state index is -0.366. The van der Waals surface area contributed by atoms with Gasteiger partial charge in [-0.15, -0.1) is 0 Å². The van der Waals surface area contributed by atoms with Gasteiger partial charge in [0.05, 0.1) is 12.0 Å². The van der Waals surface area contributed by atoms with Gasteiger partial charge in [-0.1, -0.05) is 0 Å².